The van der Waals surface area contributed by atoms with Gasteiger partial charge in [0.2, 0.25) is 0 Å². The van der Waals surface area contributed by atoms with E-state index >= 15 is 0 Å². The molecular weight excluding hydrogens is 328 g/mol. The zero-order valence-corrected chi connectivity index (χ0v) is 15.9. The molecule has 6 nitrogen and oxygen atoms in total. The van der Waals surface area contributed by atoms with Crippen LogP contribution in [-0.2, 0) is 17.8 Å². The van der Waals surface area contributed by atoms with Gasteiger partial charge in [-0.25, -0.2) is 0 Å². The summed E-state index contributed by atoms with van der Waals surface area (Å²) in [4.78, 5) is 18.5. The van der Waals surface area contributed by atoms with Gasteiger partial charge in [0.25, 0.3) is 5.91 Å². The molecule has 3 aromatic rings. The van der Waals surface area contributed by atoms with E-state index in [9.17, 15) is 4.79 Å². The van der Waals surface area contributed by atoms with Crippen LogP contribution in [0, 0.1) is 13.8 Å². The second-order valence-corrected chi connectivity index (χ2v) is 6.53. The molecule has 3 rings (SSSR count). The van der Waals surface area contributed by atoms with Crippen LogP contribution in [0.3, 0.4) is 0 Å². The van der Waals surface area contributed by atoms with Crippen molar-refractivity contribution in [2.75, 3.05) is 20.3 Å². The van der Waals surface area contributed by atoms with Crippen LogP contribution >= 0.6 is 0 Å². The Kier molecular flexibility index (Phi) is 5.42. The number of aromatic nitrogens is 3. The maximum atomic E-state index is 13.3. The van der Waals surface area contributed by atoms with Gasteiger partial charge in [0.05, 0.1) is 23.9 Å². The number of hydrogen-bond acceptors (Lipinski definition) is 3. The molecule has 0 saturated carbocycles. The van der Waals surface area contributed by atoms with Gasteiger partial charge >= 0.3 is 0 Å². The first-order valence-electron chi connectivity index (χ1n) is 8.92. The molecule has 0 fully saturated rings. The quantitative estimate of drug-likeness (QED) is 0.708. The predicted octanol–water partition coefficient (Wildman–Crippen LogP) is 3.29. The molecule has 0 atom stereocenters. The molecule has 2 heterocycles. The van der Waals surface area contributed by atoms with Crippen molar-refractivity contribution in [3.63, 3.8) is 0 Å². The lowest BCUT2D eigenvalue weighted by Gasteiger charge is -2.22. The minimum absolute atomic E-state index is 0.00171. The van der Waals surface area contributed by atoms with Crippen LogP contribution in [0.2, 0.25) is 0 Å². The first-order chi connectivity index (χ1) is 12.5. The standard InChI is InChI=1S/C20H26N4O2/c1-5-24-13-16(11-21-24)12-23(9-10-26-4)20(25)18-8-6-7-17-14(2)15(3)22-19(17)18/h6-8,11,13,22H,5,9-10,12H2,1-4H3. The number of hydrogen-bond donors (Lipinski definition) is 1. The number of amides is 1. The Morgan fingerprint density at radius 1 is 1.35 bits per heavy atom. The van der Waals surface area contributed by atoms with Gasteiger partial charge in [0, 0.05) is 49.6 Å². The summed E-state index contributed by atoms with van der Waals surface area (Å²) in [5.74, 6) is -0.00171. The summed E-state index contributed by atoms with van der Waals surface area (Å²) in [6.07, 6.45) is 3.80. The van der Waals surface area contributed by atoms with Crippen LogP contribution in [0.1, 0.15) is 34.1 Å². The molecular formula is C20H26N4O2. The molecule has 1 aromatic carbocycles. The van der Waals surface area contributed by atoms with Gasteiger partial charge in [0.1, 0.15) is 0 Å². The van der Waals surface area contributed by atoms with Gasteiger partial charge in [-0.15, -0.1) is 0 Å². The van der Waals surface area contributed by atoms with E-state index in [1.54, 1.807) is 7.11 Å². The smallest absolute Gasteiger partial charge is 0.256 e. The molecule has 0 aliphatic rings. The van der Waals surface area contributed by atoms with E-state index in [-0.39, 0.29) is 5.91 Å². The van der Waals surface area contributed by atoms with E-state index in [4.69, 9.17) is 4.74 Å². The Morgan fingerprint density at radius 3 is 2.85 bits per heavy atom. The average Bonchev–Trinajstić information content (AvgIpc) is 3.22. The number of aryl methyl sites for hydroxylation is 3. The normalized spacial score (nSPS) is 11.2. The highest BCUT2D eigenvalue weighted by molar-refractivity contribution is 6.06. The molecule has 0 unspecified atom stereocenters. The van der Waals surface area contributed by atoms with Gasteiger partial charge in [-0.3, -0.25) is 9.48 Å². The van der Waals surface area contributed by atoms with Crippen molar-refractivity contribution in [1.29, 1.82) is 0 Å². The summed E-state index contributed by atoms with van der Waals surface area (Å²) in [6.45, 7) is 8.49. The Hall–Kier alpha value is -2.60. The first-order valence-corrected chi connectivity index (χ1v) is 8.92. The summed E-state index contributed by atoms with van der Waals surface area (Å²) >= 11 is 0. The number of rotatable bonds is 7. The molecule has 0 saturated heterocycles. The SMILES string of the molecule is CCn1cc(CN(CCOC)C(=O)c2cccc3c(C)c(C)[nH]c23)cn1. The molecule has 0 bridgehead atoms. The summed E-state index contributed by atoms with van der Waals surface area (Å²) < 4.78 is 7.08. The largest absolute Gasteiger partial charge is 0.383 e. The zero-order valence-electron chi connectivity index (χ0n) is 15.9. The monoisotopic (exact) mass is 354 g/mol. The molecule has 1 N–H and O–H groups in total. The number of para-hydroxylation sites is 1. The number of benzene rings is 1. The van der Waals surface area contributed by atoms with Crippen molar-refractivity contribution in [1.82, 2.24) is 19.7 Å². The third kappa shape index (κ3) is 3.51. The third-order valence-corrected chi connectivity index (χ3v) is 4.81. The van der Waals surface area contributed by atoms with Crippen LogP contribution in [0.5, 0.6) is 0 Å². The molecule has 0 radical (unpaired) electrons. The van der Waals surface area contributed by atoms with E-state index in [0.29, 0.717) is 25.3 Å². The van der Waals surface area contributed by atoms with Crippen molar-refractivity contribution in [3.05, 3.63) is 53.0 Å². The summed E-state index contributed by atoms with van der Waals surface area (Å²) in [5, 5.41) is 5.40. The van der Waals surface area contributed by atoms with E-state index in [0.717, 1.165) is 28.7 Å². The fourth-order valence-electron chi connectivity index (χ4n) is 3.17. The van der Waals surface area contributed by atoms with Crippen LogP contribution in [-0.4, -0.2) is 45.8 Å². The van der Waals surface area contributed by atoms with Gasteiger partial charge in [-0.05, 0) is 32.4 Å². The molecule has 0 aliphatic carbocycles. The Bertz CT molecular complexity index is 910. The molecule has 0 spiro atoms. The predicted molar refractivity (Wildman–Crippen MR) is 102 cm³/mol. The van der Waals surface area contributed by atoms with E-state index in [1.807, 2.05) is 48.0 Å². The molecule has 2 aromatic heterocycles. The van der Waals surface area contributed by atoms with Crippen molar-refractivity contribution < 1.29 is 9.53 Å². The highest BCUT2D eigenvalue weighted by Crippen LogP contribution is 2.25. The van der Waals surface area contributed by atoms with Crippen molar-refractivity contribution in [2.45, 2.75) is 33.9 Å². The van der Waals surface area contributed by atoms with Crippen molar-refractivity contribution in [2.24, 2.45) is 0 Å². The van der Waals surface area contributed by atoms with Crippen LogP contribution in [0.15, 0.2) is 30.6 Å². The molecule has 0 aliphatic heterocycles. The lowest BCUT2D eigenvalue weighted by atomic mass is 10.1. The highest BCUT2D eigenvalue weighted by Gasteiger charge is 2.20. The second-order valence-electron chi connectivity index (χ2n) is 6.53. The highest BCUT2D eigenvalue weighted by atomic mass is 16.5. The number of carbonyl (C=O) groups excluding carboxylic acids is 1. The van der Waals surface area contributed by atoms with Gasteiger partial charge in [0.15, 0.2) is 0 Å². The number of ether oxygens (including phenoxy) is 1. The number of nitrogens with one attached hydrogen (secondary N) is 1. The van der Waals surface area contributed by atoms with E-state index in [2.05, 4.69) is 23.1 Å². The van der Waals surface area contributed by atoms with Gasteiger partial charge < -0.3 is 14.6 Å². The lowest BCUT2D eigenvalue weighted by Crippen LogP contribution is -2.33. The Labute approximate surface area is 153 Å². The number of fused-ring (bicyclic) bond motifs is 1. The van der Waals surface area contributed by atoms with Crippen LogP contribution < -0.4 is 0 Å². The molecule has 26 heavy (non-hydrogen) atoms. The number of H-pyrrole nitrogens is 1. The van der Waals surface area contributed by atoms with Gasteiger partial charge in [-0.2, -0.15) is 5.10 Å². The van der Waals surface area contributed by atoms with Crippen molar-refractivity contribution >= 4 is 16.8 Å². The molecule has 138 valence electrons. The van der Waals surface area contributed by atoms with E-state index < -0.39 is 0 Å². The van der Waals surface area contributed by atoms with Crippen molar-refractivity contribution in [3.8, 4) is 0 Å². The van der Waals surface area contributed by atoms with E-state index in [1.165, 1.54) is 5.56 Å². The maximum absolute atomic E-state index is 13.3. The topological polar surface area (TPSA) is 63.1 Å². The number of methoxy groups -OCH3 is 1. The van der Waals surface area contributed by atoms with Crippen LogP contribution in [0.25, 0.3) is 10.9 Å². The Balaban J connectivity index is 1.93. The second kappa shape index (κ2) is 7.74. The summed E-state index contributed by atoms with van der Waals surface area (Å²) in [5.41, 5.74) is 4.88. The zero-order chi connectivity index (χ0) is 18.7. The minimum Gasteiger partial charge on any atom is -0.383 e. The van der Waals surface area contributed by atoms with Crippen LogP contribution in [0.4, 0.5) is 0 Å². The molecule has 6 heteroatoms. The molecule has 1 amide bonds. The lowest BCUT2D eigenvalue weighted by molar-refractivity contribution is 0.0682. The fourth-order valence-corrected chi connectivity index (χ4v) is 3.17. The van der Waals surface area contributed by atoms with Gasteiger partial charge in [-0.1, -0.05) is 12.1 Å². The third-order valence-electron chi connectivity index (χ3n) is 4.81. The summed E-state index contributed by atoms with van der Waals surface area (Å²) in [6, 6.07) is 5.88. The average molecular weight is 354 g/mol. The first kappa shape index (κ1) is 18.2. The Morgan fingerprint density at radius 2 is 2.15 bits per heavy atom. The maximum Gasteiger partial charge on any atom is 0.256 e. The number of carbonyl (C=O) groups is 1. The summed E-state index contributed by atoms with van der Waals surface area (Å²) in [7, 11) is 1.65. The number of nitrogens with zero attached hydrogens (tertiary/aromatic N) is 3. The number of aromatic amines is 1. The fraction of sp³-hybridized carbons (Fsp3) is 0.400. The minimum atomic E-state index is -0.00171.